The molecular weight excluding hydrogens is 308 g/mol. The SMILES string of the molecule is c1cnc2c(c1)OC(COc1nccnc1N1CCNCC1)CN2. The van der Waals surface area contributed by atoms with Gasteiger partial charge in [0, 0.05) is 44.8 Å². The topological polar surface area (TPSA) is 84.4 Å². The summed E-state index contributed by atoms with van der Waals surface area (Å²) in [5.74, 6) is 2.87. The van der Waals surface area contributed by atoms with Crippen molar-refractivity contribution in [2.75, 3.05) is 49.5 Å². The standard InChI is InChI=1S/C16H20N6O2/c1-2-13-14(18-3-1)21-10-12(24-13)11-23-16-15(19-4-5-20-16)22-8-6-17-7-9-22/h1-5,12,17H,6-11H2,(H,18,21). The summed E-state index contributed by atoms with van der Waals surface area (Å²) in [7, 11) is 0. The van der Waals surface area contributed by atoms with E-state index in [2.05, 4.69) is 30.5 Å². The van der Waals surface area contributed by atoms with E-state index in [1.54, 1.807) is 18.6 Å². The number of anilines is 2. The van der Waals surface area contributed by atoms with Crippen LogP contribution in [-0.4, -0.2) is 60.4 Å². The summed E-state index contributed by atoms with van der Waals surface area (Å²) in [6.07, 6.45) is 5.00. The molecule has 2 aromatic rings. The second-order valence-corrected chi connectivity index (χ2v) is 5.70. The monoisotopic (exact) mass is 328 g/mol. The Hall–Kier alpha value is -2.61. The van der Waals surface area contributed by atoms with Crippen LogP contribution in [0, 0.1) is 0 Å². The van der Waals surface area contributed by atoms with Gasteiger partial charge in [-0.2, -0.15) is 0 Å². The fraction of sp³-hybridized carbons (Fsp3) is 0.438. The lowest BCUT2D eigenvalue weighted by atomic mass is 10.3. The van der Waals surface area contributed by atoms with Gasteiger partial charge < -0.3 is 25.0 Å². The van der Waals surface area contributed by atoms with Crippen LogP contribution in [0.4, 0.5) is 11.6 Å². The van der Waals surface area contributed by atoms with Crippen LogP contribution < -0.4 is 25.0 Å². The van der Waals surface area contributed by atoms with Crippen molar-refractivity contribution < 1.29 is 9.47 Å². The first-order chi connectivity index (χ1) is 11.9. The fourth-order valence-electron chi connectivity index (χ4n) is 2.83. The van der Waals surface area contributed by atoms with E-state index >= 15 is 0 Å². The van der Waals surface area contributed by atoms with Gasteiger partial charge in [0.25, 0.3) is 5.88 Å². The molecule has 0 bridgehead atoms. The third kappa shape index (κ3) is 3.18. The smallest absolute Gasteiger partial charge is 0.257 e. The van der Waals surface area contributed by atoms with Gasteiger partial charge in [0.2, 0.25) is 0 Å². The number of aromatic nitrogens is 3. The van der Waals surface area contributed by atoms with Crippen LogP contribution in [0.15, 0.2) is 30.7 Å². The third-order valence-corrected chi connectivity index (χ3v) is 4.03. The van der Waals surface area contributed by atoms with Crippen LogP contribution in [0.5, 0.6) is 11.6 Å². The maximum absolute atomic E-state index is 5.92. The van der Waals surface area contributed by atoms with Crippen LogP contribution >= 0.6 is 0 Å². The van der Waals surface area contributed by atoms with E-state index in [4.69, 9.17) is 9.47 Å². The predicted octanol–water partition coefficient (Wildman–Crippen LogP) is 0.533. The van der Waals surface area contributed by atoms with E-state index < -0.39 is 0 Å². The van der Waals surface area contributed by atoms with E-state index in [1.807, 2.05) is 12.1 Å². The summed E-state index contributed by atoms with van der Waals surface area (Å²) in [4.78, 5) is 15.2. The number of piperazine rings is 1. The largest absolute Gasteiger partial charge is 0.481 e. The van der Waals surface area contributed by atoms with E-state index in [9.17, 15) is 0 Å². The van der Waals surface area contributed by atoms with E-state index in [0.717, 1.165) is 43.6 Å². The molecule has 2 aromatic heterocycles. The van der Waals surface area contributed by atoms with Gasteiger partial charge in [-0.15, -0.1) is 0 Å². The summed E-state index contributed by atoms with van der Waals surface area (Å²) >= 11 is 0. The van der Waals surface area contributed by atoms with Gasteiger partial charge in [0.15, 0.2) is 17.4 Å². The van der Waals surface area contributed by atoms with Crippen LogP contribution in [0.25, 0.3) is 0 Å². The highest BCUT2D eigenvalue weighted by molar-refractivity contribution is 5.51. The van der Waals surface area contributed by atoms with Gasteiger partial charge >= 0.3 is 0 Å². The number of rotatable bonds is 4. The Morgan fingerprint density at radius 3 is 2.96 bits per heavy atom. The minimum Gasteiger partial charge on any atom is -0.481 e. The second-order valence-electron chi connectivity index (χ2n) is 5.70. The van der Waals surface area contributed by atoms with Crippen molar-refractivity contribution in [1.29, 1.82) is 0 Å². The van der Waals surface area contributed by atoms with Gasteiger partial charge in [-0.3, -0.25) is 0 Å². The summed E-state index contributed by atoms with van der Waals surface area (Å²) in [6, 6.07) is 3.75. The minimum atomic E-state index is -0.0976. The molecule has 0 amide bonds. The zero-order valence-corrected chi connectivity index (χ0v) is 13.3. The Bertz CT molecular complexity index is 692. The van der Waals surface area contributed by atoms with Crippen molar-refractivity contribution in [3.8, 4) is 11.6 Å². The Labute approximate surface area is 140 Å². The molecule has 0 aromatic carbocycles. The third-order valence-electron chi connectivity index (χ3n) is 4.03. The van der Waals surface area contributed by atoms with Crippen molar-refractivity contribution in [3.63, 3.8) is 0 Å². The molecule has 24 heavy (non-hydrogen) atoms. The zero-order chi connectivity index (χ0) is 16.2. The molecule has 0 aliphatic carbocycles. The Morgan fingerprint density at radius 1 is 1.17 bits per heavy atom. The highest BCUT2D eigenvalue weighted by Crippen LogP contribution is 2.27. The second kappa shape index (κ2) is 6.88. The summed E-state index contributed by atoms with van der Waals surface area (Å²) in [5, 5.41) is 6.59. The molecule has 4 heterocycles. The van der Waals surface area contributed by atoms with Gasteiger partial charge in [0.1, 0.15) is 12.7 Å². The molecule has 1 atom stereocenters. The Kier molecular flexibility index (Phi) is 4.28. The van der Waals surface area contributed by atoms with E-state index in [1.165, 1.54) is 0 Å². The molecular formula is C16H20N6O2. The van der Waals surface area contributed by atoms with Crippen molar-refractivity contribution in [1.82, 2.24) is 20.3 Å². The van der Waals surface area contributed by atoms with Gasteiger partial charge in [-0.1, -0.05) is 0 Å². The number of hydrogen-bond donors (Lipinski definition) is 2. The first-order valence-corrected chi connectivity index (χ1v) is 8.15. The normalized spacial score (nSPS) is 19.8. The van der Waals surface area contributed by atoms with Gasteiger partial charge in [-0.25, -0.2) is 15.0 Å². The van der Waals surface area contributed by atoms with E-state index in [0.29, 0.717) is 19.0 Å². The average Bonchev–Trinajstić information content (AvgIpc) is 2.67. The molecule has 1 saturated heterocycles. The van der Waals surface area contributed by atoms with Gasteiger partial charge in [0.05, 0.1) is 6.54 Å². The maximum atomic E-state index is 5.92. The van der Waals surface area contributed by atoms with Crippen molar-refractivity contribution >= 4 is 11.6 Å². The highest BCUT2D eigenvalue weighted by Gasteiger charge is 2.22. The molecule has 1 unspecified atom stereocenters. The lowest BCUT2D eigenvalue weighted by Crippen LogP contribution is -2.44. The molecule has 4 rings (SSSR count). The molecule has 8 heteroatoms. The molecule has 0 saturated carbocycles. The van der Waals surface area contributed by atoms with Crippen LogP contribution in [-0.2, 0) is 0 Å². The van der Waals surface area contributed by atoms with Crippen LogP contribution in [0.2, 0.25) is 0 Å². The summed E-state index contributed by atoms with van der Waals surface area (Å²) < 4.78 is 11.8. The number of ether oxygens (including phenoxy) is 2. The molecule has 1 fully saturated rings. The lowest BCUT2D eigenvalue weighted by molar-refractivity contribution is 0.129. The Morgan fingerprint density at radius 2 is 2.04 bits per heavy atom. The number of nitrogens with one attached hydrogen (secondary N) is 2. The van der Waals surface area contributed by atoms with E-state index in [-0.39, 0.29) is 6.10 Å². The first-order valence-electron chi connectivity index (χ1n) is 8.15. The first kappa shape index (κ1) is 14.9. The summed E-state index contributed by atoms with van der Waals surface area (Å²) in [5.41, 5.74) is 0. The molecule has 8 nitrogen and oxygen atoms in total. The summed E-state index contributed by atoms with van der Waals surface area (Å²) in [6.45, 7) is 4.72. The average molecular weight is 328 g/mol. The van der Waals surface area contributed by atoms with Crippen LogP contribution in [0.3, 0.4) is 0 Å². The Balaban J connectivity index is 1.41. The minimum absolute atomic E-state index is 0.0976. The molecule has 2 N–H and O–H groups in total. The van der Waals surface area contributed by atoms with Gasteiger partial charge in [-0.05, 0) is 12.1 Å². The van der Waals surface area contributed by atoms with Crippen molar-refractivity contribution in [2.24, 2.45) is 0 Å². The van der Waals surface area contributed by atoms with Crippen LogP contribution in [0.1, 0.15) is 0 Å². The maximum Gasteiger partial charge on any atom is 0.257 e. The lowest BCUT2D eigenvalue weighted by Gasteiger charge is -2.30. The molecule has 2 aliphatic rings. The molecule has 0 spiro atoms. The number of hydrogen-bond acceptors (Lipinski definition) is 8. The molecule has 0 radical (unpaired) electrons. The molecule has 2 aliphatic heterocycles. The fourth-order valence-corrected chi connectivity index (χ4v) is 2.83. The number of nitrogens with zero attached hydrogens (tertiary/aromatic N) is 4. The quantitative estimate of drug-likeness (QED) is 0.841. The zero-order valence-electron chi connectivity index (χ0n) is 13.3. The molecule has 126 valence electrons. The van der Waals surface area contributed by atoms with Crippen molar-refractivity contribution in [2.45, 2.75) is 6.10 Å². The predicted molar refractivity (Wildman–Crippen MR) is 89.8 cm³/mol. The number of pyridine rings is 1. The van der Waals surface area contributed by atoms with Crippen molar-refractivity contribution in [3.05, 3.63) is 30.7 Å². The number of fused-ring (bicyclic) bond motifs is 1. The highest BCUT2D eigenvalue weighted by atomic mass is 16.5.